The highest BCUT2D eigenvalue weighted by Gasteiger charge is 2.23. The van der Waals surface area contributed by atoms with Crippen molar-refractivity contribution in [2.75, 3.05) is 7.05 Å². The minimum absolute atomic E-state index is 0.0486. The molecule has 1 atom stereocenters. The van der Waals surface area contributed by atoms with Crippen molar-refractivity contribution in [2.24, 2.45) is 0 Å². The van der Waals surface area contributed by atoms with Gasteiger partial charge in [0.1, 0.15) is 0 Å². The molecule has 0 N–H and O–H groups in total. The zero-order valence-electron chi connectivity index (χ0n) is 16.0. The highest BCUT2D eigenvalue weighted by atomic mass is 32.2. The van der Waals surface area contributed by atoms with Crippen LogP contribution in [0.4, 0.5) is 0 Å². The Morgan fingerprint density at radius 3 is 2.61 bits per heavy atom. The quantitative estimate of drug-likeness (QED) is 0.432. The van der Waals surface area contributed by atoms with E-state index in [9.17, 15) is 4.79 Å². The number of nitrogens with zero attached hydrogens (tertiary/aromatic N) is 5. The average Bonchev–Trinajstić information content (AvgIpc) is 3.11. The highest BCUT2D eigenvalue weighted by molar-refractivity contribution is 8.00. The molecular weight excluding hydrogens is 370 g/mol. The largest absolute Gasteiger partial charge is 0.340 e. The molecule has 3 rings (SSSR count). The third kappa shape index (κ3) is 4.67. The van der Waals surface area contributed by atoms with Gasteiger partial charge in [0.05, 0.1) is 5.25 Å². The molecule has 6 nitrogen and oxygen atoms in total. The lowest BCUT2D eigenvalue weighted by Crippen LogP contribution is -2.33. The molecule has 144 valence electrons. The molecule has 0 radical (unpaired) electrons. The van der Waals surface area contributed by atoms with Crippen molar-refractivity contribution in [1.82, 2.24) is 24.6 Å². The molecule has 0 spiro atoms. The van der Waals surface area contributed by atoms with Crippen molar-refractivity contribution in [3.8, 4) is 11.4 Å². The van der Waals surface area contributed by atoms with Gasteiger partial charge in [-0.2, -0.15) is 0 Å². The molecule has 0 saturated carbocycles. The predicted molar refractivity (Wildman–Crippen MR) is 112 cm³/mol. The van der Waals surface area contributed by atoms with Crippen molar-refractivity contribution in [2.45, 2.75) is 30.4 Å². The maximum Gasteiger partial charge on any atom is 0.235 e. The van der Waals surface area contributed by atoms with Crippen molar-refractivity contribution in [3.05, 3.63) is 73.1 Å². The SMILES string of the molecule is C=CCn1c(S[C@@H](C)C(=O)N(C)Cc2ccccc2)nnc1-c1ccncc1. The molecular formula is C21H23N5OS. The third-order valence-corrected chi connectivity index (χ3v) is 5.30. The fraction of sp³-hybridized carbons (Fsp3) is 0.238. The van der Waals surface area contributed by atoms with Gasteiger partial charge in [-0.1, -0.05) is 48.2 Å². The standard InChI is InChI=1S/C21H23N5OS/c1-4-14-26-19(18-10-12-22-13-11-18)23-24-21(26)28-16(2)20(27)25(3)15-17-8-6-5-7-9-17/h4-13,16H,1,14-15H2,2-3H3/t16-/m0/s1. The molecule has 2 heterocycles. The number of rotatable bonds is 8. The van der Waals surface area contributed by atoms with E-state index in [1.165, 1.54) is 11.8 Å². The molecule has 2 aromatic heterocycles. The summed E-state index contributed by atoms with van der Waals surface area (Å²) in [6.07, 6.45) is 5.24. The topological polar surface area (TPSA) is 63.9 Å². The van der Waals surface area contributed by atoms with Crippen molar-refractivity contribution < 1.29 is 4.79 Å². The maximum absolute atomic E-state index is 12.8. The molecule has 3 aromatic rings. The summed E-state index contributed by atoms with van der Waals surface area (Å²) in [6, 6.07) is 13.7. The maximum atomic E-state index is 12.8. The lowest BCUT2D eigenvalue weighted by atomic mass is 10.2. The molecule has 0 aliphatic carbocycles. The first-order valence-electron chi connectivity index (χ1n) is 9.00. The number of pyridine rings is 1. The Kier molecular flexibility index (Phi) is 6.60. The van der Waals surface area contributed by atoms with Crippen LogP contribution >= 0.6 is 11.8 Å². The van der Waals surface area contributed by atoms with Gasteiger partial charge in [-0.3, -0.25) is 14.3 Å². The van der Waals surface area contributed by atoms with Crippen LogP contribution in [-0.4, -0.2) is 42.9 Å². The van der Waals surface area contributed by atoms with Gasteiger partial charge in [0.15, 0.2) is 11.0 Å². The van der Waals surface area contributed by atoms with Gasteiger partial charge in [-0.15, -0.1) is 16.8 Å². The van der Waals surface area contributed by atoms with E-state index in [4.69, 9.17) is 0 Å². The molecule has 1 amide bonds. The summed E-state index contributed by atoms with van der Waals surface area (Å²) in [5.41, 5.74) is 2.03. The molecule has 0 bridgehead atoms. The first-order chi connectivity index (χ1) is 13.6. The van der Waals surface area contributed by atoms with Crippen LogP contribution in [0.25, 0.3) is 11.4 Å². The Hall–Kier alpha value is -2.93. The number of carbonyl (C=O) groups is 1. The number of allylic oxidation sites excluding steroid dienone is 1. The molecule has 1 aromatic carbocycles. The van der Waals surface area contributed by atoms with Gasteiger partial charge in [0.25, 0.3) is 0 Å². The van der Waals surface area contributed by atoms with E-state index in [1.807, 2.05) is 61.0 Å². The van der Waals surface area contributed by atoms with Gasteiger partial charge >= 0.3 is 0 Å². The van der Waals surface area contributed by atoms with Crippen LogP contribution in [0.5, 0.6) is 0 Å². The first kappa shape index (κ1) is 19.8. The Bertz CT molecular complexity index is 926. The third-order valence-electron chi connectivity index (χ3n) is 4.24. The minimum Gasteiger partial charge on any atom is -0.340 e. The monoisotopic (exact) mass is 393 g/mol. The van der Waals surface area contributed by atoms with E-state index in [0.29, 0.717) is 18.2 Å². The summed E-state index contributed by atoms with van der Waals surface area (Å²) in [5.74, 6) is 0.787. The van der Waals surface area contributed by atoms with Crippen LogP contribution in [0, 0.1) is 0 Å². The number of aromatic nitrogens is 4. The van der Waals surface area contributed by atoms with E-state index in [0.717, 1.165) is 17.0 Å². The first-order valence-corrected chi connectivity index (χ1v) is 9.88. The lowest BCUT2D eigenvalue weighted by molar-refractivity contribution is -0.129. The molecule has 0 unspecified atom stereocenters. The molecule has 0 saturated heterocycles. The number of hydrogen-bond acceptors (Lipinski definition) is 5. The molecule has 7 heteroatoms. The second kappa shape index (κ2) is 9.32. The summed E-state index contributed by atoms with van der Waals surface area (Å²) in [5, 5.41) is 9.05. The van der Waals surface area contributed by atoms with E-state index < -0.39 is 0 Å². The predicted octanol–water partition coefficient (Wildman–Crippen LogP) is 3.67. The van der Waals surface area contributed by atoms with E-state index >= 15 is 0 Å². The fourth-order valence-corrected chi connectivity index (χ4v) is 3.81. The second-order valence-electron chi connectivity index (χ2n) is 6.38. The van der Waals surface area contributed by atoms with Crippen LogP contribution in [-0.2, 0) is 17.9 Å². The molecule has 28 heavy (non-hydrogen) atoms. The summed E-state index contributed by atoms with van der Waals surface area (Å²) in [6.45, 7) is 6.86. The zero-order valence-corrected chi connectivity index (χ0v) is 16.8. The lowest BCUT2D eigenvalue weighted by Gasteiger charge is -2.21. The van der Waals surface area contributed by atoms with Crippen LogP contribution < -0.4 is 0 Å². The minimum atomic E-state index is -0.285. The van der Waals surface area contributed by atoms with Crippen LogP contribution in [0.3, 0.4) is 0 Å². The number of benzene rings is 1. The van der Waals surface area contributed by atoms with Crippen molar-refractivity contribution in [1.29, 1.82) is 0 Å². The van der Waals surface area contributed by atoms with Crippen LogP contribution in [0.15, 0.2) is 72.7 Å². The van der Waals surface area contributed by atoms with Crippen molar-refractivity contribution >= 4 is 17.7 Å². The zero-order chi connectivity index (χ0) is 19.9. The van der Waals surface area contributed by atoms with Crippen molar-refractivity contribution in [3.63, 3.8) is 0 Å². The Labute approximate surface area is 169 Å². The van der Waals surface area contributed by atoms with Gasteiger partial charge in [-0.05, 0) is 24.6 Å². The fourth-order valence-electron chi connectivity index (χ4n) is 2.84. The molecule has 0 aliphatic rings. The number of amides is 1. The van der Waals surface area contributed by atoms with Gasteiger partial charge in [0, 0.05) is 38.1 Å². The summed E-state index contributed by atoms with van der Waals surface area (Å²) >= 11 is 1.41. The molecule has 0 aliphatic heterocycles. The van der Waals surface area contributed by atoms with Gasteiger partial charge < -0.3 is 4.90 Å². The number of carbonyl (C=O) groups excluding carboxylic acids is 1. The average molecular weight is 394 g/mol. The van der Waals surface area contributed by atoms with Gasteiger partial charge in [-0.25, -0.2) is 0 Å². The molecule has 0 fully saturated rings. The van der Waals surface area contributed by atoms with E-state index in [1.54, 1.807) is 23.4 Å². The van der Waals surface area contributed by atoms with Crippen LogP contribution in [0.1, 0.15) is 12.5 Å². The Balaban J connectivity index is 1.74. The number of hydrogen-bond donors (Lipinski definition) is 0. The van der Waals surface area contributed by atoms with E-state index in [2.05, 4.69) is 21.8 Å². The Morgan fingerprint density at radius 2 is 1.93 bits per heavy atom. The van der Waals surface area contributed by atoms with E-state index in [-0.39, 0.29) is 11.2 Å². The van der Waals surface area contributed by atoms with Crippen LogP contribution in [0.2, 0.25) is 0 Å². The second-order valence-corrected chi connectivity index (χ2v) is 7.69. The highest BCUT2D eigenvalue weighted by Crippen LogP contribution is 2.27. The Morgan fingerprint density at radius 1 is 1.21 bits per heavy atom. The normalized spacial score (nSPS) is 11.8. The van der Waals surface area contributed by atoms with Gasteiger partial charge in [0.2, 0.25) is 5.91 Å². The summed E-state index contributed by atoms with van der Waals surface area (Å²) in [4.78, 5) is 18.6. The number of thioether (sulfide) groups is 1. The summed E-state index contributed by atoms with van der Waals surface area (Å²) in [7, 11) is 1.82. The smallest absolute Gasteiger partial charge is 0.235 e. The summed E-state index contributed by atoms with van der Waals surface area (Å²) < 4.78 is 1.97.